The minimum atomic E-state index is -0.458. The third-order valence-corrected chi connectivity index (χ3v) is 5.31. The van der Waals surface area contributed by atoms with Crippen molar-refractivity contribution in [1.82, 2.24) is 4.90 Å². The lowest BCUT2D eigenvalue weighted by molar-refractivity contribution is -0.134. The van der Waals surface area contributed by atoms with Crippen molar-refractivity contribution in [2.24, 2.45) is 11.1 Å². The first kappa shape index (κ1) is 25.1. The highest BCUT2D eigenvalue weighted by Crippen LogP contribution is 2.23. The van der Waals surface area contributed by atoms with Gasteiger partial charge in [-0.05, 0) is 52.4 Å². The summed E-state index contributed by atoms with van der Waals surface area (Å²) in [4.78, 5) is 27.3. The Morgan fingerprint density at radius 1 is 0.882 bits per heavy atom. The van der Waals surface area contributed by atoms with E-state index >= 15 is 0 Å². The Bertz CT molecular complexity index is 1140. The molecule has 0 aliphatic heterocycles. The molecule has 0 heterocycles. The van der Waals surface area contributed by atoms with E-state index in [0.717, 1.165) is 16.7 Å². The Balaban J connectivity index is 1.73. The van der Waals surface area contributed by atoms with Crippen LogP contribution in [0, 0.1) is 11.2 Å². The predicted molar refractivity (Wildman–Crippen MR) is 133 cm³/mol. The molecule has 0 fully saturated rings. The van der Waals surface area contributed by atoms with Crippen LogP contribution in [0.15, 0.2) is 72.8 Å². The number of carbonyl (C=O) groups is 2. The number of carbonyl (C=O) groups excluding carboxylic acids is 2. The molecule has 0 spiro atoms. The van der Waals surface area contributed by atoms with Crippen LogP contribution in [0.5, 0.6) is 0 Å². The van der Waals surface area contributed by atoms with Crippen LogP contribution < -0.4 is 11.1 Å². The van der Waals surface area contributed by atoms with Gasteiger partial charge in [0.2, 0.25) is 5.91 Å². The van der Waals surface area contributed by atoms with Crippen LogP contribution in [0.1, 0.15) is 54.2 Å². The average Bonchev–Trinajstić information content (AvgIpc) is 2.79. The normalized spacial score (nSPS) is 11.2. The quantitative estimate of drug-likeness (QED) is 0.465. The van der Waals surface area contributed by atoms with Crippen molar-refractivity contribution in [3.63, 3.8) is 0 Å². The maximum Gasteiger partial charge on any atom is 0.255 e. The second-order valence-corrected chi connectivity index (χ2v) is 9.67. The maximum absolute atomic E-state index is 13.4. The Morgan fingerprint density at radius 3 is 2.18 bits per heavy atom. The number of amides is 2. The molecular formula is C28H32FN3O2. The van der Waals surface area contributed by atoms with E-state index in [9.17, 15) is 14.0 Å². The molecular weight excluding hydrogens is 429 g/mol. The minimum Gasteiger partial charge on any atom is -0.334 e. The number of halogens is 1. The number of anilines is 1. The van der Waals surface area contributed by atoms with Crippen LogP contribution >= 0.6 is 0 Å². The molecule has 178 valence electrons. The summed E-state index contributed by atoms with van der Waals surface area (Å²) in [7, 11) is 0. The van der Waals surface area contributed by atoms with Gasteiger partial charge in [0.15, 0.2) is 0 Å². The van der Waals surface area contributed by atoms with Gasteiger partial charge in [-0.15, -0.1) is 0 Å². The number of benzene rings is 3. The Kier molecular flexibility index (Phi) is 8.18. The van der Waals surface area contributed by atoms with Crippen molar-refractivity contribution in [2.75, 3.05) is 5.32 Å². The SMILES string of the molecule is CC(C)(C)CC(=O)N(Cc1ccc(NC(=O)c2cccc(F)c2)cc1)Cc1cccc(CN)c1. The zero-order valence-electron chi connectivity index (χ0n) is 20.0. The molecule has 0 unspecified atom stereocenters. The molecule has 3 rings (SSSR count). The van der Waals surface area contributed by atoms with Gasteiger partial charge in [-0.25, -0.2) is 4.39 Å². The molecule has 0 saturated carbocycles. The van der Waals surface area contributed by atoms with Crippen molar-refractivity contribution in [3.8, 4) is 0 Å². The monoisotopic (exact) mass is 461 g/mol. The first-order valence-corrected chi connectivity index (χ1v) is 11.3. The maximum atomic E-state index is 13.4. The molecule has 3 N–H and O–H groups in total. The summed E-state index contributed by atoms with van der Waals surface area (Å²) in [5.41, 5.74) is 9.51. The summed E-state index contributed by atoms with van der Waals surface area (Å²) in [5, 5.41) is 2.77. The van der Waals surface area contributed by atoms with E-state index in [2.05, 4.69) is 5.32 Å². The second-order valence-electron chi connectivity index (χ2n) is 9.67. The minimum absolute atomic E-state index is 0.0779. The predicted octanol–water partition coefficient (Wildman–Crippen LogP) is 5.50. The van der Waals surface area contributed by atoms with Gasteiger partial charge in [-0.1, -0.05) is 63.2 Å². The van der Waals surface area contributed by atoms with Crippen molar-refractivity contribution >= 4 is 17.5 Å². The number of nitrogens with one attached hydrogen (secondary N) is 1. The molecule has 2 amide bonds. The molecule has 5 nitrogen and oxygen atoms in total. The number of hydrogen-bond donors (Lipinski definition) is 2. The van der Waals surface area contributed by atoms with E-state index in [1.54, 1.807) is 18.2 Å². The van der Waals surface area contributed by atoms with E-state index in [1.807, 2.05) is 62.1 Å². The third-order valence-electron chi connectivity index (χ3n) is 5.31. The summed E-state index contributed by atoms with van der Waals surface area (Å²) < 4.78 is 13.4. The first-order valence-electron chi connectivity index (χ1n) is 11.3. The molecule has 0 aliphatic carbocycles. The number of hydrogen-bond acceptors (Lipinski definition) is 3. The number of nitrogens with zero attached hydrogens (tertiary/aromatic N) is 1. The topological polar surface area (TPSA) is 75.4 Å². The zero-order chi connectivity index (χ0) is 24.7. The second kappa shape index (κ2) is 11.1. The fourth-order valence-corrected chi connectivity index (χ4v) is 3.62. The lowest BCUT2D eigenvalue weighted by atomic mass is 9.91. The number of rotatable bonds is 8. The molecule has 0 aliphatic rings. The van der Waals surface area contributed by atoms with Gasteiger partial charge in [0, 0.05) is 37.3 Å². The van der Waals surface area contributed by atoms with Crippen LogP contribution in [0.3, 0.4) is 0 Å². The van der Waals surface area contributed by atoms with Gasteiger partial charge in [-0.3, -0.25) is 9.59 Å². The van der Waals surface area contributed by atoms with Gasteiger partial charge in [0.1, 0.15) is 5.82 Å². The van der Waals surface area contributed by atoms with E-state index in [4.69, 9.17) is 5.73 Å². The standard InChI is InChI=1S/C28H32FN3O2/c1-28(2,3)16-26(33)32(19-22-7-4-6-21(14-22)17-30)18-20-10-12-25(13-11-20)31-27(34)23-8-5-9-24(29)15-23/h4-15H,16-19,30H2,1-3H3,(H,31,34). The number of nitrogens with two attached hydrogens (primary N) is 1. The fraction of sp³-hybridized carbons (Fsp3) is 0.286. The highest BCUT2D eigenvalue weighted by molar-refractivity contribution is 6.04. The highest BCUT2D eigenvalue weighted by Gasteiger charge is 2.22. The molecule has 0 saturated heterocycles. The van der Waals surface area contributed by atoms with Gasteiger partial charge in [0.05, 0.1) is 0 Å². The van der Waals surface area contributed by atoms with Crippen molar-refractivity contribution < 1.29 is 14.0 Å². The fourth-order valence-electron chi connectivity index (χ4n) is 3.62. The van der Waals surface area contributed by atoms with Crippen molar-refractivity contribution in [1.29, 1.82) is 0 Å². The largest absolute Gasteiger partial charge is 0.334 e. The highest BCUT2D eigenvalue weighted by atomic mass is 19.1. The Morgan fingerprint density at radius 2 is 1.53 bits per heavy atom. The van der Waals surface area contributed by atoms with Crippen LogP contribution in [-0.4, -0.2) is 16.7 Å². The lowest BCUT2D eigenvalue weighted by Gasteiger charge is -2.27. The molecule has 3 aromatic rings. The summed E-state index contributed by atoms with van der Waals surface area (Å²) >= 11 is 0. The summed E-state index contributed by atoms with van der Waals surface area (Å²) in [5.74, 6) is -0.761. The molecule has 6 heteroatoms. The van der Waals surface area contributed by atoms with Crippen LogP contribution in [-0.2, 0) is 24.4 Å². The molecule has 0 atom stereocenters. The molecule has 0 aromatic heterocycles. The van der Waals surface area contributed by atoms with Gasteiger partial charge < -0.3 is 16.0 Å². The van der Waals surface area contributed by atoms with E-state index in [0.29, 0.717) is 31.7 Å². The van der Waals surface area contributed by atoms with Crippen molar-refractivity contribution in [3.05, 3.63) is 101 Å². The Hall–Kier alpha value is -3.51. The molecule has 34 heavy (non-hydrogen) atoms. The lowest BCUT2D eigenvalue weighted by Crippen LogP contribution is -2.32. The summed E-state index contributed by atoms with van der Waals surface area (Å²) in [6.45, 7) is 7.53. The van der Waals surface area contributed by atoms with Crippen LogP contribution in [0.2, 0.25) is 0 Å². The van der Waals surface area contributed by atoms with E-state index < -0.39 is 5.82 Å². The van der Waals surface area contributed by atoms with E-state index in [1.165, 1.54) is 18.2 Å². The Labute approximate surface area is 200 Å². The summed E-state index contributed by atoms with van der Waals surface area (Å²) in [6, 6.07) is 20.9. The van der Waals surface area contributed by atoms with Gasteiger partial charge in [-0.2, -0.15) is 0 Å². The molecule has 3 aromatic carbocycles. The summed E-state index contributed by atoms with van der Waals surface area (Å²) in [6.07, 6.45) is 0.436. The molecule has 0 bridgehead atoms. The van der Waals surface area contributed by atoms with Crippen molar-refractivity contribution in [2.45, 2.75) is 46.8 Å². The average molecular weight is 462 g/mol. The van der Waals surface area contributed by atoms with Gasteiger partial charge in [0.25, 0.3) is 5.91 Å². The smallest absolute Gasteiger partial charge is 0.255 e. The zero-order valence-corrected chi connectivity index (χ0v) is 20.0. The molecule has 0 radical (unpaired) electrons. The van der Waals surface area contributed by atoms with E-state index in [-0.39, 0.29) is 22.8 Å². The van der Waals surface area contributed by atoms with Gasteiger partial charge >= 0.3 is 0 Å². The third kappa shape index (κ3) is 7.52. The first-order chi connectivity index (χ1) is 16.1. The van der Waals surface area contributed by atoms with Crippen LogP contribution in [0.4, 0.5) is 10.1 Å². The van der Waals surface area contributed by atoms with Crippen LogP contribution in [0.25, 0.3) is 0 Å².